The number of aromatic nitrogens is 2. The van der Waals surface area contributed by atoms with E-state index in [0.29, 0.717) is 11.3 Å². The monoisotopic (exact) mass is 552 g/mol. The molecule has 2 N–H and O–H groups in total. The first-order valence-electron chi connectivity index (χ1n) is 13.9. The first-order chi connectivity index (χ1) is 20.0. The van der Waals surface area contributed by atoms with Crippen molar-refractivity contribution in [1.29, 1.82) is 0 Å². The van der Waals surface area contributed by atoms with E-state index in [1.54, 1.807) is 18.3 Å². The second-order valence-electron chi connectivity index (χ2n) is 10.5. The standard InChI is InChI=1S/C33H36N4O4/c1-23-30(21-37(2)18-15-28-9-3-4-17-35-28)40-33(41-31(23)25-13-11-24(22-38)12-14-25)26-7-5-10-29(19-26)36-32(39)27-8-6-16-34-20-27/h3-14,16-17,19-20,23,30-31,33,38H,15,18,21-22H2,1-2H3,(H,36,39). The summed E-state index contributed by atoms with van der Waals surface area (Å²) >= 11 is 0. The first-order valence-corrected chi connectivity index (χ1v) is 13.9. The molecule has 4 unspecified atom stereocenters. The van der Waals surface area contributed by atoms with Crippen molar-refractivity contribution in [2.24, 2.45) is 5.92 Å². The van der Waals surface area contributed by atoms with Gasteiger partial charge < -0.3 is 24.8 Å². The number of nitrogens with zero attached hydrogens (tertiary/aromatic N) is 3. The molecule has 3 heterocycles. The van der Waals surface area contributed by atoms with Crippen LogP contribution in [0.4, 0.5) is 5.69 Å². The number of anilines is 1. The highest BCUT2D eigenvalue weighted by molar-refractivity contribution is 6.04. The third-order valence-electron chi connectivity index (χ3n) is 7.43. The van der Waals surface area contributed by atoms with Gasteiger partial charge in [0.05, 0.1) is 24.4 Å². The van der Waals surface area contributed by atoms with E-state index in [9.17, 15) is 9.90 Å². The Bertz CT molecular complexity index is 1400. The van der Waals surface area contributed by atoms with E-state index >= 15 is 0 Å². The highest BCUT2D eigenvalue weighted by Crippen LogP contribution is 2.42. The van der Waals surface area contributed by atoms with Gasteiger partial charge in [-0.05, 0) is 54.6 Å². The van der Waals surface area contributed by atoms with Gasteiger partial charge in [-0.2, -0.15) is 0 Å². The van der Waals surface area contributed by atoms with Crippen molar-refractivity contribution in [2.75, 3.05) is 25.5 Å². The highest BCUT2D eigenvalue weighted by Gasteiger charge is 2.38. The van der Waals surface area contributed by atoms with Gasteiger partial charge in [0, 0.05) is 61.0 Å². The number of likely N-dealkylation sites (N-methyl/N-ethyl adjacent to an activating group) is 1. The van der Waals surface area contributed by atoms with Crippen molar-refractivity contribution in [3.05, 3.63) is 125 Å². The topological polar surface area (TPSA) is 96.8 Å². The lowest BCUT2D eigenvalue weighted by Crippen LogP contribution is -2.44. The number of carbonyl (C=O) groups excluding carboxylic acids is 1. The minimum atomic E-state index is -0.627. The molecule has 2 aromatic carbocycles. The Morgan fingerprint density at radius 1 is 0.976 bits per heavy atom. The number of rotatable bonds is 10. The summed E-state index contributed by atoms with van der Waals surface area (Å²) in [4.78, 5) is 23.5. The molecule has 0 saturated carbocycles. The van der Waals surface area contributed by atoms with E-state index in [1.807, 2.05) is 72.9 Å². The molecule has 8 nitrogen and oxygen atoms in total. The van der Waals surface area contributed by atoms with Crippen LogP contribution in [0.2, 0.25) is 0 Å². The number of pyridine rings is 2. The Kier molecular flexibility index (Phi) is 9.48. The summed E-state index contributed by atoms with van der Waals surface area (Å²) in [5, 5.41) is 12.5. The average Bonchev–Trinajstić information content (AvgIpc) is 3.02. The molecule has 1 fully saturated rings. The number of ether oxygens (including phenoxy) is 2. The van der Waals surface area contributed by atoms with Crippen molar-refractivity contribution in [3.8, 4) is 0 Å². The van der Waals surface area contributed by atoms with Crippen molar-refractivity contribution in [2.45, 2.75) is 38.4 Å². The molecule has 4 aromatic rings. The molecule has 5 rings (SSSR count). The molecule has 0 bridgehead atoms. The summed E-state index contributed by atoms with van der Waals surface area (Å²) in [6.07, 6.45) is 4.89. The summed E-state index contributed by atoms with van der Waals surface area (Å²) in [5.74, 6) is -0.166. The molecule has 1 saturated heterocycles. The first kappa shape index (κ1) is 28.6. The zero-order valence-electron chi connectivity index (χ0n) is 23.4. The predicted octanol–water partition coefficient (Wildman–Crippen LogP) is 5.19. The average molecular weight is 553 g/mol. The van der Waals surface area contributed by atoms with Crippen LogP contribution in [0.25, 0.3) is 0 Å². The number of amides is 1. The number of nitrogens with one attached hydrogen (secondary N) is 1. The van der Waals surface area contributed by atoms with Crippen LogP contribution < -0.4 is 5.32 Å². The van der Waals surface area contributed by atoms with Crippen molar-refractivity contribution in [1.82, 2.24) is 14.9 Å². The molecule has 0 aliphatic carbocycles. The molecule has 0 radical (unpaired) electrons. The fourth-order valence-corrected chi connectivity index (χ4v) is 5.04. The zero-order valence-corrected chi connectivity index (χ0v) is 23.4. The van der Waals surface area contributed by atoms with Gasteiger partial charge in [0.2, 0.25) is 0 Å². The van der Waals surface area contributed by atoms with Gasteiger partial charge in [-0.1, -0.05) is 49.4 Å². The van der Waals surface area contributed by atoms with Crippen LogP contribution in [-0.4, -0.2) is 52.1 Å². The van der Waals surface area contributed by atoms with E-state index in [1.165, 1.54) is 6.20 Å². The van der Waals surface area contributed by atoms with Gasteiger partial charge in [-0.15, -0.1) is 0 Å². The SMILES string of the molecule is CC1C(CN(C)CCc2ccccn2)OC(c2cccc(NC(=O)c3cccnc3)c2)OC1c1ccc(CO)cc1. The Morgan fingerprint density at radius 3 is 2.56 bits per heavy atom. The number of hydrogen-bond acceptors (Lipinski definition) is 7. The minimum absolute atomic E-state index is 0.00561. The predicted molar refractivity (Wildman–Crippen MR) is 157 cm³/mol. The number of aliphatic hydroxyl groups is 1. The van der Waals surface area contributed by atoms with Crippen LogP contribution in [0.5, 0.6) is 0 Å². The zero-order chi connectivity index (χ0) is 28.6. The van der Waals surface area contributed by atoms with Crippen LogP contribution in [0.15, 0.2) is 97.5 Å². The maximum Gasteiger partial charge on any atom is 0.257 e. The maximum atomic E-state index is 12.7. The van der Waals surface area contributed by atoms with E-state index < -0.39 is 6.29 Å². The number of aliphatic hydroxyl groups excluding tert-OH is 1. The quantitative estimate of drug-likeness (QED) is 0.280. The van der Waals surface area contributed by atoms with Crippen LogP contribution in [0, 0.1) is 5.92 Å². The molecule has 0 spiro atoms. The lowest BCUT2D eigenvalue weighted by atomic mass is 9.90. The third kappa shape index (κ3) is 7.42. The van der Waals surface area contributed by atoms with Crippen LogP contribution in [0.1, 0.15) is 52.1 Å². The molecule has 1 aliphatic heterocycles. The third-order valence-corrected chi connectivity index (χ3v) is 7.43. The van der Waals surface area contributed by atoms with Crippen molar-refractivity contribution in [3.63, 3.8) is 0 Å². The summed E-state index contributed by atoms with van der Waals surface area (Å²) < 4.78 is 13.2. The fraction of sp³-hybridized carbons (Fsp3) is 0.303. The maximum absolute atomic E-state index is 12.7. The van der Waals surface area contributed by atoms with E-state index in [-0.39, 0.29) is 30.6 Å². The van der Waals surface area contributed by atoms with Gasteiger partial charge in [0.25, 0.3) is 5.91 Å². The van der Waals surface area contributed by atoms with Crippen molar-refractivity contribution >= 4 is 11.6 Å². The Hall–Kier alpha value is -3.95. The van der Waals surface area contributed by atoms with Gasteiger partial charge in [-0.3, -0.25) is 14.8 Å². The highest BCUT2D eigenvalue weighted by atomic mass is 16.7. The molecule has 8 heteroatoms. The van der Waals surface area contributed by atoms with Gasteiger partial charge in [-0.25, -0.2) is 0 Å². The lowest BCUT2D eigenvalue weighted by molar-refractivity contribution is -0.275. The number of carbonyl (C=O) groups is 1. The van der Waals surface area contributed by atoms with Gasteiger partial charge >= 0.3 is 0 Å². The van der Waals surface area contributed by atoms with Crippen molar-refractivity contribution < 1.29 is 19.4 Å². The Balaban J connectivity index is 1.35. The second-order valence-corrected chi connectivity index (χ2v) is 10.5. The normalized spacial score (nSPS) is 20.6. The van der Waals surface area contributed by atoms with E-state index in [0.717, 1.165) is 41.9 Å². The summed E-state index contributed by atoms with van der Waals surface area (Å²) in [5.41, 5.74) is 4.90. The minimum Gasteiger partial charge on any atom is -0.392 e. The molecule has 4 atom stereocenters. The lowest BCUT2D eigenvalue weighted by Gasteiger charge is -2.42. The second kappa shape index (κ2) is 13.6. The van der Waals surface area contributed by atoms with Crippen LogP contribution >= 0.6 is 0 Å². The molecule has 1 aliphatic rings. The summed E-state index contributed by atoms with van der Waals surface area (Å²) in [6, 6.07) is 24.9. The van der Waals surface area contributed by atoms with Gasteiger partial charge in [0.1, 0.15) is 0 Å². The Labute approximate surface area is 241 Å². The number of hydrogen-bond donors (Lipinski definition) is 2. The summed E-state index contributed by atoms with van der Waals surface area (Å²) in [7, 11) is 2.10. The van der Waals surface area contributed by atoms with E-state index in [2.05, 4.69) is 34.2 Å². The fourth-order valence-electron chi connectivity index (χ4n) is 5.04. The van der Waals surface area contributed by atoms with E-state index in [4.69, 9.17) is 9.47 Å². The summed E-state index contributed by atoms with van der Waals surface area (Å²) in [6.45, 7) is 3.72. The van der Waals surface area contributed by atoms with Crippen LogP contribution in [-0.2, 0) is 22.5 Å². The molecule has 2 aromatic heterocycles. The molecular formula is C33H36N4O4. The molecule has 41 heavy (non-hydrogen) atoms. The molecule has 1 amide bonds. The smallest absolute Gasteiger partial charge is 0.257 e. The largest absolute Gasteiger partial charge is 0.392 e. The molecular weight excluding hydrogens is 516 g/mol. The Morgan fingerprint density at radius 2 is 1.83 bits per heavy atom. The number of benzene rings is 2. The van der Waals surface area contributed by atoms with Gasteiger partial charge in [0.15, 0.2) is 6.29 Å². The van der Waals surface area contributed by atoms with Crippen LogP contribution in [0.3, 0.4) is 0 Å². The molecule has 212 valence electrons.